The van der Waals surface area contributed by atoms with E-state index in [4.69, 9.17) is 9.47 Å². The highest BCUT2D eigenvalue weighted by atomic mass is 16.6. The summed E-state index contributed by atoms with van der Waals surface area (Å²) < 4.78 is 11.9. The van der Waals surface area contributed by atoms with Crippen molar-refractivity contribution in [3.05, 3.63) is 48.1 Å². The van der Waals surface area contributed by atoms with Crippen LogP contribution < -0.4 is 0 Å². The second-order valence-corrected chi connectivity index (χ2v) is 11.5. The Balaban J connectivity index is 2.38. The molecule has 0 radical (unpaired) electrons. The van der Waals surface area contributed by atoms with Gasteiger partial charge in [-0.1, -0.05) is 62.8 Å². The van der Waals surface area contributed by atoms with Crippen molar-refractivity contribution in [2.75, 3.05) is 0 Å². The molecule has 2 rings (SSSR count). The Morgan fingerprint density at radius 3 is 2.51 bits per heavy atom. The third kappa shape index (κ3) is 8.89. The predicted octanol–water partition coefficient (Wildman–Crippen LogP) is 4.36. The molecule has 210 valence electrons. The molecule has 9 atom stereocenters. The normalized spacial score (nSPS) is 41.4. The molecule has 0 aliphatic carbocycles. The van der Waals surface area contributed by atoms with Crippen LogP contribution in [0.2, 0.25) is 0 Å². The van der Waals surface area contributed by atoms with Crippen LogP contribution in [0.25, 0.3) is 0 Å². The minimum atomic E-state index is -1.84. The van der Waals surface area contributed by atoms with E-state index < -0.39 is 41.8 Å². The zero-order valence-corrected chi connectivity index (χ0v) is 23.4. The van der Waals surface area contributed by atoms with Crippen LogP contribution in [0.3, 0.4) is 0 Å². The summed E-state index contributed by atoms with van der Waals surface area (Å²) in [6.07, 6.45) is 9.00. The van der Waals surface area contributed by atoms with E-state index in [-0.39, 0.29) is 24.2 Å². The van der Waals surface area contributed by atoms with Crippen molar-refractivity contribution in [1.82, 2.24) is 0 Å². The Morgan fingerprint density at radius 2 is 1.86 bits per heavy atom. The largest absolute Gasteiger partial charge is 0.459 e. The zero-order chi connectivity index (χ0) is 28.0. The number of allylic oxidation sites excluding steroid dienone is 1. The van der Waals surface area contributed by atoms with Gasteiger partial charge < -0.3 is 29.9 Å². The first-order chi connectivity index (χ1) is 17.1. The van der Waals surface area contributed by atoms with Crippen molar-refractivity contribution in [3.8, 4) is 0 Å². The third-order valence-corrected chi connectivity index (χ3v) is 8.05. The Labute approximate surface area is 222 Å². The number of aliphatic hydroxyl groups is 4. The van der Waals surface area contributed by atoms with E-state index >= 15 is 0 Å². The number of rotatable bonds is 4. The van der Waals surface area contributed by atoms with Crippen molar-refractivity contribution < 1.29 is 34.7 Å². The minimum absolute atomic E-state index is 0.0493. The van der Waals surface area contributed by atoms with Crippen LogP contribution in [0.15, 0.2) is 48.1 Å². The SMILES string of the molecule is C=C1C[C@@H]2C/C=C/[C@@H](O)[C@H](C)/C(C)=C\C(=O)O[C@H](CCC(C)C(C)O)[C@@H](C)C/C=C/[C@@](C)(O)[C@](O)(C1)O2. The summed E-state index contributed by atoms with van der Waals surface area (Å²) in [4.78, 5) is 12.8. The van der Waals surface area contributed by atoms with E-state index in [0.29, 0.717) is 37.7 Å². The van der Waals surface area contributed by atoms with Gasteiger partial charge in [0.25, 0.3) is 0 Å². The smallest absolute Gasteiger partial charge is 0.330 e. The van der Waals surface area contributed by atoms with Crippen LogP contribution in [0.4, 0.5) is 0 Å². The summed E-state index contributed by atoms with van der Waals surface area (Å²) >= 11 is 0. The minimum Gasteiger partial charge on any atom is -0.459 e. The van der Waals surface area contributed by atoms with Gasteiger partial charge in [-0.25, -0.2) is 4.79 Å². The number of ether oxygens (including phenoxy) is 2. The van der Waals surface area contributed by atoms with E-state index in [1.165, 1.54) is 13.0 Å². The number of fused-ring (bicyclic) bond motifs is 2. The van der Waals surface area contributed by atoms with Crippen LogP contribution >= 0.6 is 0 Å². The Morgan fingerprint density at radius 1 is 1.19 bits per heavy atom. The highest BCUT2D eigenvalue weighted by molar-refractivity contribution is 5.83. The van der Waals surface area contributed by atoms with E-state index in [2.05, 4.69) is 6.58 Å². The lowest BCUT2D eigenvalue weighted by molar-refractivity contribution is -0.305. The van der Waals surface area contributed by atoms with Crippen LogP contribution in [-0.4, -0.2) is 62.2 Å². The fourth-order valence-electron chi connectivity index (χ4n) is 4.75. The van der Waals surface area contributed by atoms with Crippen LogP contribution in [0.1, 0.15) is 80.1 Å². The van der Waals surface area contributed by atoms with Gasteiger partial charge >= 0.3 is 5.97 Å². The molecule has 2 bridgehead atoms. The Kier molecular flexibility index (Phi) is 11.3. The lowest BCUT2D eigenvalue weighted by atomic mass is 9.83. The van der Waals surface area contributed by atoms with Crippen molar-refractivity contribution in [2.24, 2.45) is 17.8 Å². The molecule has 2 aliphatic rings. The Hall–Kier alpha value is -1.77. The fraction of sp³-hybridized carbons (Fsp3) is 0.700. The molecular formula is C30H48O7. The summed E-state index contributed by atoms with van der Waals surface area (Å²) in [7, 11) is 0. The monoisotopic (exact) mass is 520 g/mol. The van der Waals surface area contributed by atoms with Gasteiger partial charge in [0.05, 0.1) is 18.3 Å². The lowest BCUT2D eigenvalue weighted by Crippen LogP contribution is -2.56. The molecule has 0 aromatic carbocycles. The number of carbonyl (C=O) groups excluding carboxylic acids is 1. The average Bonchev–Trinajstić information content (AvgIpc) is 2.79. The lowest BCUT2D eigenvalue weighted by Gasteiger charge is -2.45. The first-order valence-electron chi connectivity index (χ1n) is 13.5. The topological polar surface area (TPSA) is 116 Å². The number of hydrogen-bond acceptors (Lipinski definition) is 7. The molecule has 37 heavy (non-hydrogen) atoms. The molecule has 4 N–H and O–H groups in total. The predicted molar refractivity (Wildman–Crippen MR) is 144 cm³/mol. The van der Waals surface area contributed by atoms with Gasteiger partial charge in [0.15, 0.2) is 0 Å². The van der Waals surface area contributed by atoms with Crippen molar-refractivity contribution in [1.29, 1.82) is 0 Å². The van der Waals surface area contributed by atoms with Gasteiger partial charge in [0, 0.05) is 18.4 Å². The summed E-state index contributed by atoms with van der Waals surface area (Å²) in [5.74, 6) is -2.64. The highest BCUT2D eigenvalue weighted by Crippen LogP contribution is 2.39. The van der Waals surface area contributed by atoms with Gasteiger partial charge in [-0.15, -0.1) is 0 Å². The molecule has 1 saturated heterocycles. The summed E-state index contributed by atoms with van der Waals surface area (Å²) in [5.41, 5.74) is -0.181. The van der Waals surface area contributed by atoms with Gasteiger partial charge in [0.2, 0.25) is 5.79 Å². The second kappa shape index (κ2) is 13.3. The van der Waals surface area contributed by atoms with Crippen molar-refractivity contribution >= 4 is 5.97 Å². The van der Waals surface area contributed by atoms with Crippen LogP contribution in [0, 0.1) is 17.8 Å². The van der Waals surface area contributed by atoms with Gasteiger partial charge in [-0.05, 0) is 64.7 Å². The zero-order valence-electron chi connectivity index (χ0n) is 23.4. The third-order valence-electron chi connectivity index (χ3n) is 8.05. The molecule has 2 heterocycles. The van der Waals surface area contributed by atoms with Crippen molar-refractivity contribution in [3.63, 3.8) is 0 Å². The van der Waals surface area contributed by atoms with E-state index in [0.717, 1.165) is 5.57 Å². The highest BCUT2D eigenvalue weighted by Gasteiger charge is 2.49. The average molecular weight is 521 g/mol. The second-order valence-electron chi connectivity index (χ2n) is 11.5. The molecule has 0 spiro atoms. The molecule has 0 saturated carbocycles. The molecule has 7 nitrogen and oxygen atoms in total. The quantitative estimate of drug-likeness (QED) is 0.322. The molecule has 7 heteroatoms. The molecule has 2 aliphatic heterocycles. The molecular weight excluding hydrogens is 472 g/mol. The number of cyclic esters (lactones) is 1. The molecule has 1 fully saturated rings. The fourth-order valence-corrected chi connectivity index (χ4v) is 4.75. The number of hydrogen-bond donors (Lipinski definition) is 4. The molecule has 2 unspecified atom stereocenters. The van der Waals surface area contributed by atoms with Crippen LogP contribution in [-0.2, 0) is 14.3 Å². The van der Waals surface area contributed by atoms with Gasteiger partial charge in [0.1, 0.15) is 11.7 Å². The van der Waals surface area contributed by atoms with Gasteiger partial charge in [-0.3, -0.25) is 0 Å². The number of carbonyl (C=O) groups is 1. The molecule has 0 aromatic rings. The molecule has 0 aromatic heterocycles. The Bertz CT molecular complexity index is 871. The summed E-state index contributed by atoms with van der Waals surface area (Å²) in [5, 5.41) is 43.1. The van der Waals surface area contributed by atoms with E-state index in [1.807, 2.05) is 20.8 Å². The first-order valence-corrected chi connectivity index (χ1v) is 13.5. The van der Waals surface area contributed by atoms with Gasteiger partial charge in [-0.2, -0.15) is 0 Å². The maximum absolute atomic E-state index is 12.8. The van der Waals surface area contributed by atoms with E-state index in [9.17, 15) is 25.2 Å². The van der Waals surface area contributed by atoms with Crippen molar-refractivity contribution in [2.45, 2.75) is 116 Å². The van der Waals surface area contributed by atoms with Crippen LogP contribution in [0.5, 0.6) is 0 Å². The molecule has 0 amide bonds. The van der Waals surface area contributed by atoms with E-state index in [1.54, 1.807) is 38.2 Å². The maximum atomic E-state index is 12.8. The maximum Gasteiger partial charge on any atom is 0.330 e. The first kappa shape index (κ1) is 31.4. The number of aliphatic hydroxyl groups excluding tert-OH is 2. The number of esters is 1. The summed E-state index contributed by atoms with van der Waals surface area (Å²) in [6, 6.07) is 0. The standard InChI is InChI=1S/C30H48O7/c1-19-16-25-11-8-12-26(32)23(5)22(4)17-28(33)36-27(14-13-20(2)24(6)31)21(3)10-9-15-29(7,34)30(35,18-19)37-25/h8-9,12,15,17,20-21,23-27,31-32,34-35H,1,10-11,13-14,16,18H2,2-7H3/b12-8+,15-9+,22-17-/t20?,21-,23+,24?,25-,26+,27+,29+,30-/m0/s1. The summed E-state index contributed by atoms with van der Waals surface area (Å²) in [6.45, 7) is 14.9.